The molecule has 0 radical (unpaired) electrons. The molecule has 0 aliphatic carbocycles. The lowest BCUT2D eigenvalue weighted by atomic mass is 10.6. The maximum atomic E-state index is 9.44. The first-order valence-corrected chi connectivity index (χ1v) is 2.55. The first-order chi connectivity index (χ1) is 2.73. The molecule has 0 amide bonds. The molecule has 0 spiro atoms. The molecule has 0 aromatic heterocycles. The molecule has 6 heavy (non-hydrogen) atoms. The molecule has 0 aliphatic rings. The summed E-state index contributed by atoms with van der Waals surface area (Å²) in [6, 6.07) is 0. The molecule has 0 aromatic carbocycles. The van der Waals surface area contributed by atoms with Crippen LogP contribution in [0.4, 0.5) is 0 Å². The smallest absolute Gasteiger partial charge is 0.126 e. The van der Waals surface area contributed by atoms with Gasteiger partial charge in [0.2, 0.25) is 0 Å². The molecular weight excluding hydrogens is 96.1 g/mol. The van der Waals surface area contributed by atoms with Gasteiger partial charge in [0, 0.05) is 0 Å². The number of carbonyl (C=O) groups excluding carboxylic acids is 1. The molecule has 1 nitrogen and oxygen atoms in total. The van der Waals surface area contributed by atoms with Gasteiger partial charge in [-0.2, -0.15) is 12.6 Å². The van der Waals surface area contributed by atoms with Crippen LogP contribution in [0, 0.1) is 0 Å². The molecule has 0 rings (SSSR count). The van der Waals surface area contributed by atoms with Crippen molar-refractivity contribution in [3.63, 3.8) is 0 Å². The third-order valence-corrected chi connectivity index (χ3v) is 0. The Hall–Kier alpha value is 0.0200. The maximum Gasteiger partial charge on any atom is 0.126 e. The second-order valence-corrected chi connectivity index (χ2v) is 0.908. The van der Waals surface area contributed by atoms with Crippen LogP contribution in [0.25, 0.3) is 0 Å². The number of hydrogen-bond donors (Lipinski definition) is 1. The highest BCUT2D eigenvalue weighted by molar-refractivity contribution is 7.79. The van der Waals surface area contributed by atoms with Crippen LogP contribution in [-0.2, 0) is 4.79 Å². The van der Waals surface area contributed by atoms with Crippen LogP contribution in [0.1, 0.15) is 13.8 Å². The summed E-state index contributed by atoms with van der Waals surface area (Å²) in [4.78, 5) is 9.44. The van der Waals surface area contributed by atoms with Gasteiger partial charge < -0.3 is 4.79 Å². The lowest BCUT2D eigenvalue weighted by molar-refractivity contribution is -0.114. The van der Waals surface area contributed by atoms with Gasteiger partial charge in [-0.3, -0.25) is 0 Å². The molecular formula is C4H10OS. The summed E-state index contributed by atoms with van der Waals surface area (Å²) in [5.74, 6) is 0.167. The van der Waals surface area contributed by atoms with Gasteiger partial charge in [0.15, 0.2) is 0 Å². The standard InChI is InChI=1S/C3H6O.CH4S/c1-3(2)4;1-2/h1-2H3;2H,1H3. The van der Waals surface area contributed by atoms with Gasteiger partial charge in [-0.1, -0.05) is 0 Å². The molecule has 0 fully saturated rings. The van der Waals surface area contributed by atoms with Crippen LogP contribution in [0.3, 0.4) is 0 Å². The first kappa shape index (κ1) is 9.39. The summed E-state index contributed by atoms with van der Waals surface area (Å²) in [6.07, 6.45) is 1.69. The van der Waals surface area contributed by atoms with Gasteiger partial charge >= 0.3 is 0 Å². The highest BCUT2D eigenvalue weighted by Crippen LogP contribution is 1.50. The largest absolute Gasteiger partial charge is 0.300 e. The second-order valence-electron chi connectivity index (χ2n) is 0.908. The monoisotopic (exact) mass is 106 g/mol. The number of Topliss-reactive ketones (excluding diaryl/α,β-unsaturated/α-hetero) is 1. The van der Waals surface area contributed by atoms with Crippen molar-refractivity contribution in [2.75, 3.05) is 6.26 Å². The number of thiol groups is 1. The fourth-order valence-electron chi connectivity index (χ4n) is 0. The van der Waals surface area contributed by atoms with Crippen LogP contribution in [0.15, 0.2) is 0 Å². The van der Waals surface area contributed by atoms with Gasteiger partial charge in [0.25, 0.3) is 0 Å². The van der Waals surface area contributed by atoms with E-state index in [4.69, 9.17) is 0 Å². The van der Waals surface area contributed by atoms with E-state index in [1.165, 1.54) is 13.8 Å². The van der Waals surface area contributed by atoms with E-state index in [1.54, 1.807) is 6.26 Å². The predicted octanol–water partition coefficient (Wildman–Crippen LogP) is 1.14. The SMILES string of the molecule is CC(C)=O.CS. The van der Waals surface area contributed by atoms with Gasteiger partial charge in [0.1, 0.15) is 5.78 Å². The molecule has 2 heteroatoms. The highest BCUT2D eigenvalue weighted by Gasteiger charge is 1.62. The van der Waals surface area contributed by atoms with E-state index in [9.17, 15) is 4.79 Å². The van der Waals surface area contributed by atoms with Crippen molar-refractivity contribution in [2.45, 2.75) is 13.8 Å². The highest BCUT2D eigenvalue weighted by atomic mass is 32.1. The first-order valence-electron chi connectivity index (χ1n) is 1.65. The fraction of sp³-hybridized carbons (Fsp3) is 0.750. The summed E-state index contributed by atoms with van der Waals surface area (Å²) in [6.45, 7) is 3.06. The number of ketones is 1. The van der Waals surface area contributed by atoms with Gasteiger partial charge in [-0.25, -0.2) is 0 Å². The fourth-order valence-corrected chi connectivity index (χ4v) is 0. The Kier molecular flexibility index (Phi) is 13.9. The molecule has 0 atom stereocenters. The Balaban J connectivity index is 0. The third kappa shape index (κ3) is 91700. The Morgan fingerprint density at radius 2 is 1.33 bits per heavy atom. The van der Waals surface area contributed by atoms with Crippen LogP contribution in [0.5, 0.6) is 0 Å². The van der Waals surface area contributed by atoms with Gasteiger partial charge in [-0.15, -0.1) is 0 Å². The molecule has 0 saturated heterocycles. The lowest BCUT2D eigenvalue weighted by Gasteiger charge is -1.56. The van der Waals surface area contributed by atoms with Crippen LogP contribution >= 0.6 is 12.6 Å². The van der Waals surface area contributed by atoms with Crippen molar-refractivity contribution in [3.05, 3.63) is 0 Å². The molecule has 0 aliphatic heterocycles. The van der Waals surface area contributed by atoms with E-state index >= 15 is 0 Å². The Morgan fingerprint density at radius 3 is 1.33 bits per heavy atom. The number of carbonyl (C=O) groups is 1. The summed E-state index contributed by atoms with van der Waals surface area (Å²) < 4.78 is 0. The maximum absolute atomic E-state index is 9.44. The predicted molar refractivity (Wildman–Crippen MR) is 31.3 cm³/mol. The summed E-state index contributed by atoms with van der Waals surface area (Å²) in [5.41, 5.74) is 0. The Morgan fingerprint density at radius 1 is 1.33 bits per heavy atom. The number of rotatable bonds is 0. The van der Waals surface area contributed by atoms with E-state index in [0.717, 1.165) is 0 Å². The molecule has 0 saturated carbocycles. The molecule has 0 N–H and O–H groups in total. The minimum atomic E-state index is 0.167. The normalized spacial score (nSPS) is 5.33. The number of hydrogen-bond acceptors (Lipinski definition) is 2. The summed E-state index contributed by atoms with van der Waals surface area (Å²) >= 11 is 3.53. The summed E-state index contributed by atoms with van der Waals surface area (Å²) in [7, 11) is 0. The van der Waals surface area contributed by atoms with E-state index < -0.39 is 0 Å². The van der Waals surface area contributed by atoms with Gasteiger partial charge in [-0.05, 0) is 20.1 Å². The zero-order valence-electron chi connectivity index (χ0n) is 4.36. The molecule has 38 valence electrons. The second kappa shape index (κ2) is 8.89. The lowest BCUT2D eigenvalue weighted by Crippen LogP contribution is -1.69. The van der Waals surface area contributed by atoms with E-state index in [0.29, 0.717) is 0 Å². The molecule has 0 unspecified atom stereocenters. The van der Waals surface area contributed by atoms with E-state index in [2.05, 4.69) is 12.6 Å². The average Bonchev–Trinajstić information content (AvgIpc) is 1.41. The third-order valence-electron chi connectivity index (χ3n) is 0. The van der Waals surface area contributed by atoms with Gasteiger partial charge in [0.05, 0.1) is 0 Å². The van der Waals surface area contributed by atoms with Crippen molar-refractivity contribution in [1.29, 1.82) is 0 Å². The Bertz CT molecular complexity index is 30.5. The zero-order chi connectivity index (χ0) is 5.58. The average molecular weight is 106 g/mol. The summed E-state index contributed by atoms with van der Waals surface area (Å²) in [5, 5.41) is 0. The van der Waals surface area contributed by atoms with Crippen LogP contribution < -0.4 is 0 Å². The topological polar surface area (TPSA) is 17.1 Å². The van der Waals surface area contributed by atoms with Crippen molar-refractivity contribution in [1.82, 2.24) is 0 Å². The molecule has 0 aromatic rings. The minimum Gasteiger partial charge on any atom is -0.300 e. The molecule has 0 bridgehead atoms. The Labute approximate surface area is 44.2 Å². The van der Waals surface area contributed by atoms with Crippen molar-refractivity contribution in [3.8, 4) is 0 Å². The zero-order valence-corrected chi connectivity index (χ0v) is 5.25. The van der Waals surface area contributed by atoms with Crippen molar-refractivity contribution < 1.29 is 4.79 Å². The molecule has 0 heterocycles. The van der Waals surface area contributed by atoms with E-state index in [-0.39, 0.29) is 5.78 Å². The van der Waals surface area contributed by atoms with Crippen molar-refractivity contribution in [2.24, 2.45) is 0 Å². The van der Waals surface area contributed by atoms with Crippen LogP contribution in [-0.4, -0.2) is 12.0 Å². The minimum absolute atomic E-state index is 0.167. The van der Waals surface area contributed by atoms with E-state index in [1.807, 2.05) is 0 Å². The van der Waals surface area contributed by atoms with Crippen LogP contribution in [0.2, 0.25) is 0 Å². The quantitative estimate of drug-likeness (QED) is 0.458. The van der Waals surface area contributed by atoms with Crippen molar-refractivity contribution >= 4 is 18.4 Å².